The molecule has 0 amide bonds. The average Bonchev–Trinajstić information content (AvgIpc) is 3.11. The van der Waals surface area contributed by atoms with Crippen molar-refractivity contribution >= 4 is 53.9 Å². The molecule has 0 unspecified atom stereocenters. The molecular weight excluding hydrogens is 528 g/mol. The lowest BCUT2D eigenvalue weighted by atomic mass is 9.84. The van der Waals surface area contributed by atoms with Crippen molar-refractivity contribution in [3.05, 3.63) is 170 Å². The Morgan fingerprint density at radius 2 is 0.614 bits per heavy atom. The number of hydrogen-bond acceptors (Lipinski definition) is 0. The van der Waals surface area contributed by atoms with Gasteiger partial charge in [0.15, 0.2) is 0 Å². The fraction of sp³-hybridized carbons (Fsp3) is 0. The van der Waals surface area contributed by atoms with Gasteiger partial charge in [0, 0.05) is 0 Å². The fourth-order valence-electron chi connectivity index (χ4n) is 7.36. The summed E-state index contributed by atoms with van der Waals surface area (Å²) in [6.07, 6.45) is 0. The Balaban J connectivity index is 1.45. The van der Waals surface area contributed by atoms with Crippen LogP contribution in [0.25, 0.3) is 87.2 Å². The highest BCUT2D eigenvalue weighted by Crippen LogP contribution is 2.46. The predicted molar refractivity (Wildman–Crippen MR) is 190 cm³/mol. The first-order valence-corrected chi connectivity index (χ1v) is 15.3. The van der Waals surface area contributed by atoms with Crippen LogP contribution >= 0.6 is 0 Å². The summed E-state index contributed by atoms with van der Waals surface area (Å²) in [5, 5.41) is 13.1. The third-order valence-electron chi connectivity index (χ3n) is 9.23. The van der Waals surface area contributed by atoms with Gasteiger partial charge in [0.05, 0.1) is 0 Å². The molecule has 0 atom stereocenters. The molecular formula is C44H28. The van der Waals surface area contributed by atoms with Crippen molar-refractivity contribution in [1.82, 2.24) is 0 Å². The van der Waals surface area contributed by atoms with Crippen LogP contribution in [0, 0.1) is 0 Å². The van der Waals surface area contributed by atoms with Crippen LogP contribution in [0.1, 0.15) is 0 Å². The van der Waals surface area contributed by atoms with Crippen molar-refractivity contribution in [2.24, 2.45) is 0 Å². The standard InChI is InChI=1S/C44H28/c1-3-14-29(15-4-1)32-24-13-25-33(30-16-5-2-6-17-30)42(32)31-26-27-40-41(28-31)36-20-9-12-23-39(36)43-37-21-10-7-18-34(37)35-19-8-11-22-38(35)44(40)43/h1-28H. The molecule has 204 valence electrons. The minimum Gasteiger partial charge on any atom is -0.0622 e. The van der Waals surface area contributed by atoms with Crippen LogP contribution in [-0.2, 0) is 0 Å². The highest BCUT2D eigenvalue weighted by molar-refractivity contribution is 6.39. The second kappa shape index (κ2) is 9.93. The minimum atomic E-state index is 1.22. The quantitative estimate of drug-likeness (QED) is 0.190. The Hall–Kier alpha value is -5.72. The van der Waals surface area contributed by atoms with Gasteiger partial charge in [-0.25, -0.2) is 0 Å². The molecule has 0 radical (unpaired) electrons. The summed E-state index contributed by atoms with van der Waals surface area (Å²) in [7, 11) is 0. The number of benzene rings is 9. The molecule has 0 saturated heterocycles. The molecule has 0 heteroatoms. The van der Waals surface area contributed by atoms with E-state index in [1.165, 1.54) is 87.2 Å². The van der Waals surface area contributed by atoms with E-state index in [0.717, 1.165) is 0 Å². The van der Waals surface area contributed by atoms with Gasteiger partial charge in [-0.2, -0.15) is 0 Å². The van der Waals surface area contributed by atoms with Gasteiger partial charge in [-0.3, -0.25) is 0 Å². The first kappa shape index (κ1) is 24.8. The van der Waals surface area contributed by atoms with Crippen molar-refractivity contribution in [2.75, 3.05) is 0 Å². The highest BCUT2D eigenvalue weighted by Gasteiger charge is 2.18. The van der Waals surface area contributed by atoms with Crippen LogP contribution in [0.3, 0.4) is 0 Å². The molecule has 0 spiro atoms. The largest absolute Gasteiger partial charge is 0.0622 e. The first-order chi connectivity index (χ1) is 21.9. The topological polar surface area (TPSA) is 0 Å². The molecule has 0 aliphatic heterocycles. The third kappa shape index (κ3) is 3.71. The average molecular weight is 557 g/mol. The predicted octanol–water partition coefficient (Wildman–Crippen LogP) is 12.5. The summed E-state index contributed by atoms with van der Waals surface area (Å²) in [6.45, 7) is 0. The highest BCUT2D eigenvalue weighted by atomic mass is 14.2. The molecule has 0 N–H and O–H groups in total. The van der Waals surface area contributed by atoms with Crippen LogP contribution in [0.5, 0.6) is 0 Å². The summed E-state index contributed by atoms with van der Waals surface area (Å²) in [4.78, 5) is 0. The van der Waals surface area contributed by atoms with Gasteiger partial charge >= 0.3 is 0 Å². The van der Waals surface area contributed by atoms with E-state index >= 15 is 0 Å². The van der Waals surface area contributed by atoms with Crippen LogP contribution in [0.15, 0.2) is 170 Å². The fourth-order valence-corrected chi connectivity index (χ4v) is 7.36. The van der Waals surface area contributed by atoms with Crippen molar-refractivity contribution in [3.8, 4) is 33.4 Å². The molecule has 0 aromatic heterocycles. The van der Waals surface area contributed by atoms with Crippen molar-refractivity contribution in [2.45, 2.75) is 0 Å². The SMILES string of the molecule is c1ccc(-c2cccc(-c3ccccc3)c2-c2ccc3c(c2)c2ccccc2c2c4ccccc4c4ccccc4c32)cc1. The lowest BCUT2D eigenvalue weighted by Gasteiger charge is -2.19. The molecule has 0 aliphatic carbocycles. The summed E-state index contributed by atoms with van der Waals surface area (Å²) >= 11 is 0. The van der Waals surface area contributed by atoms with Gasteiger partial charge in [-0.05, 0) is 93.3 Å². The minimum absolute atomic E-state index is 1.22. The lowest BCUT2D eigenvalue weighted by Crippen LogP contribution is -1.92. The normalized spacial score (nSPS) is 11.6. The Bertz CT molecular complexity index is 2460. The molecule has 9 aromatic rings. The number of fused-ring (bicyclic) bond motifs is 11. The van der Waals surface area contributed by atoms with Crippen molar-refractivity contribution in [3.63, 3.8) is 0 Å². The van der Waals surface area contributed by atoms with Crippen LogP contribution < -0.4 is 0 Å². The Morgan fingerprint density at radius 1 is 0.227 bits per heavy atom. The van der Waals surface area contributed by atoms with E-state index in [1.54, 1.807) is 0 Å². The molecule has 9 rings (SSSR count). The third-order valence-corrected chi connectivity index (χ3v) is 9.23. The van der Waals surface area contributed by atoms with E-state index in [1.807, 2.05) is 0 Å². The first-order valence-electron chi connectivity index (χ1n) is 15.3. The van der Waals surface area contributed by atoms with Gasteiger partial charge in [0.1, 0.15) is 0 Å². The van der Waals surface area contributed by atoms with Gasteiger partial charge < -0.3 is 0 Å². The van der Waals surface area contributed by atoms with E-state index in [4.69, 9.17) is 0 Å². The Morgan fingerprint density at radius 3 is 1.09 bits per heavy atom. The number of rotatable bonds is 3. The molecule has 0 fully saturated rings. The Labute approximate surface area is 256 Å². The molecule has 0 saturated carbocycles. The van der Waals surface area contributed by atoms with E-state index in [-0.39, 0.29) is 0 Å². The molecule has 0 heterocycles. The summed E-state index contributed by atoms with van der Waals surface area (Å²) < 4.78 is 0. The van der Waals surface area contributed by atoms with E-state index in [0.29, 0.717) is 0 Å². The Kier molecular flexibility index (Phi) is 5.61. The molecule has 0 aliphatic rings. The zero-order chi connectivity index (χ0) is 29.0. The van der Waals surface area contributed by atoms with E-state index < -0.39 is 0 Å². The van der Waals surface area contributed by atoms with E-state index in [2.05, 4.69) is 170 Å². The van der Waals surface area contributed by atoms with Crippen molar-refractivity contribution < 1.29 is 0 Å². The number of hydrogen-bond donors (Lipinski definition) is 0. The van der Waals surface area contributed by atoms with Gasteiger partial charge in [-0.1, -0.05) is 164 Å². The zero-order valence-electron chi connectivity index (χ0n) is 24.2. The van der Waals surface area contributed by atoms with Gasteiger partial charge in [-0.15, -0.1) is 0 Å². The second-order valence-electron chi connectivity index (χ2n) is 11.6. The zero-order valence-corrected chi connectivity index (χ0v) is 24.2. The monoisotopic (exact) mass is 556 g/mol. The molecule has 0 bridgehead atoms. The lowest BCUT2D eigenvalue weighted by molar-refractivity contribution is 1.57. The summed E-state index contributed by atoms with van der Waals surface area (Å²) in [5.74, 6) is 0. The maximum absolute atomic E-state index is 2.44. The van der Waals surface area contributed by atoms with Gasteiger partial charge in [0.25, 0.3) is 0 Å². The van der Waals surface area contributed by atoms with E-state index in [9.17, 15) is 0 Å². The maximum atomic E-state index is 2.44. The van der Waals surface area contributed by atoms with Gasteiger partial charge in [0.2, 0.25) is 0 Å². The van der Waals surface area contributed by atoms with Crippen LogP contribution in [0.4, 0.5) is 0 Å². The smallest absolute Gasteiger partial charge is 0.00139 e. The molecule has 44 heavy (non-hydrogen) atoms. The summed E-state index contributed by atoms with van der Waals surface area (Å²) in [6, 6.07) is 62.2. The molecule has 9 aromatic carbocycles. The second-order valence-corrected chi connectivity index (χ2v) is 11.6. The van der Waals surface area contributed by atoms with Crippen LogP contribution in [-0.4, -0.2) is 0 Å². The maximum Gasteiger partial charge on any atom is -0.00139 e. The van der Waals surface area contributed by atoms with Crippen molar-refractivity contribution in [1.29, 1.82) is 0 Å². The summed E-state index contributed by atoms with van der Waals surface area (Å²) in [5.41, 5.74) is 7.42. The van der Waals surface area contributed by atoms with Crippen LogP contribution in [0.2, 0.25) is 0 Å². The molecule has 0 nitrogen and oxygen atoms in total.